The molecule has 1 aromatic heterocycles. The molecule has 0 aliphatic carbocycles. The molecule has 8 heteroatoms. The molecule has 0 radical (unpaired) electrons. The van der Waals surface area contributed by atoms with Gasteiger partial charge in [-0.05, 0) is 39.3 Å². The van der Waals surface area contributed by atoms with Gasteiger partial charge in [0.15, 0.2) is 0 Å². The molecule has 1 aliphatic heterocycles. The van der Waals surface area contributed by atoms with E-state index in [0.29, 0.717) is 11.7 Å². The summed E-state index contributed by atoms with van der Waals surface area (Å²) in [6.07, 6.45) is 4.03. The number of halogens is 1. The molecule has 130 valence electrons. The second-order valence-corrected chi connectivity index (χ2v) is 6.33. The van der Waals surface area contributed by atoms with Crippen molar-refractivity contribution in [3.05, 3.63) is 18.0 Å². The molecule has 2 heterocycles. The highest BCUT2D eigenvalue weighted by atomic mass is 35.5. The fourth-order valence-corrected chi connectivity index (χ4v) is 2.53. The van der Waals surface area contributed by atoms with E-state index < -0.39 is 5.41 Å². The van der Waals surface area contributed by atoms with Gasteiger partial charge in [0.05, 0.1) is 11.5 Å². The van der Waals surface area contributed by atoms with Crippen molar-refractivity contribution in [3.8, 4) is 0 Å². The number of carbonyl (C=O) groups is 2. The lowest BCUT2D eigenvalue weighted by Crippen LogP contribution is -2.43. The van der Waals surface area contributed by atoms with Crippen molar-refractivity contribution in [1.82, 2.24) is 25.7 Å². The molecule has 1 unspecified atom stereocenters. The molecule has 0 bridgehead atoms. The highest BCUT2D eigenvalue weighted by molar-refractivity contribution is 5.92. The van der Waals surface area contributed by atoms with Crippen LogP contribution in [0.15, 0.2) is 12.3 Å². The third-order valence-corrected chi connectivity index (χ3v) is 4.02. The number of amides is 2. The average molecular weight is 344 g/mol. The first-order valence-corrected chi connectivity index (χ1v) is 7.70. The molecule has 2 amide bonds. The first-order valence-electron chi connectivity index (χ1n) is 7.70. The predicted molar refractivity (Wildman–Crippen MR) is 90.8 cm³/mol. The van der Waals surface area contributed by atoms with Gasteiger partial charge in [-0.2, -0.15) is 5.10 Å². The van der Waals surface area contributed by atoms with Gasteiger partial charge < -0.3 is 16.0 Å². The predicted octanol–water partition coefficient (Wildman–Crippen LogP) is 0.731. The number of hydrogen-bond donors (Lipinski definition) is 3. The Kier molecular flexibility index (Phi) is 7.02. The molecule has 1 aliphatic rings. The van der Waals surface area contributed by atoms with Crippen LogP contribution in [0.1, 0.15) is 43.2 Å². The molecule has 7 nitrogen and oxygen atoms in total. The lowest BCUT2D eigenvalue weighted by Gasteiger charge is -2.23. The maximum atomic E-state index is 12.2. The topological polar surface area (TPSA) is 88.0 Å². The van der Waals surface area contributed by atoms with Gasteiger partial charge in [-0.3, -0.25) is 14.3 Å². The second-order valence-electron chi connectivity index (χ2n) is 6.33. The molecule has 2 rings (SSSR count). The minimum Gasteiger partial charge on any atom is -0.359 e. The molecule has 1 fully saturated rings. The Morgan fingerprint density at radius 1 is 1.48 bits per heavy atom. The summed E-state index contributed by atoms with van der Waals surface area (Å²) in [5, 5.41) is 13.1. The number of nitrogens with zero attached hydrogens (tertiary/aromatic N) is 2. The van der Waals surface area contributed by atoms with Crippen molar-refractivity contribution >= 4 is 24.2 Å². The van der Waals surface area contributed by atoms with Crippen molar-refractivity contribution in [1.29, 1.82) is 0 Å². The molecule has 1 saturated heterocycles. The molecule has 0 aromatic carbocycles. The van der Waals surface area contributed by atoms with Crippen LogP contribution in [0.25, 0.3) is 0 Å². The van der Waals surface area contributed by atoms with E-state index in [1.807, 2.05) is 10.9 Å². The van der Waals surface area contributed by atoms with E-state index in [-0.39, 0.29) is 30.8 Å². The SMILES string of the molecule is CNC(=O)C(C)(C)CNC(=O)c1ccn(C2CCCNC2)n1.Cl. The smallest absolute Gasteiger partial charge is 0.271 e. The Morgan fingerprint density at radius 2 is 2.22 bits per heavy atom. The zero-order chi connectivity index (χ0) is 16.2. The van der Waals surface area contributed by atoms with Gasteiger partial charge in [0.1, 0.15) is 5.69 Å². The second kappa shape index (κ2) is 8.31. The van der Waals surface area contributed by atoms with Crippen molar-refractivity contribution in [2.24, 2.45) is 5.41 Å². The van der Waals surface area contributed by atoms with Crippen LogP contribution in [0.4, 0.5) is 0 Å². The standard InChI is InChI=1S/C15H25N5O2.ClH/c1-15(2,14(22)16-3)10-18-13(21)12-6-8-20(19-12)11-5-4-7-17-9-11;/h6,8,11,17H,4-5,7,9-10H2,1-3H3,(H,16,22)(H,18,21);1H. The summed E-state index contributed by atoms with van der Waals surface area (Å²) in [7, 11) is 1.59. The van der Waals surface area contributed by atoms with E-state index >= 15 is 0 Å². The van der Waals surface area contributed by atoms with Gasteiger partial charge in [0.25, 0.3) is 5.91 Å². The lowest BCUT2D eigenvalue weighted by atomic mass is 9.92. The lowest BCUT2D eigenvalue weighted by molar-refractivity contribution is -0.128. The molecule has 1 atom stereocenters. The Labute approximate surface area is 143 Å². The quantitative estimate of drug-likeness (QED) is 0.735. The molecular weight excluding hydrogens is 318 g/mol. The Morgan fingerprint density at radius 3 is 2.83 bits per heavy atom. The molecule has 23 heavy (non-hydrogen) atoms. The summed E-state index contributed by atoms with van der Waals surface area (Å²) < 4.78 is 1.85. The first kappa shape index (κ1) is 19.4. The van der Waals surface area contributed by atoms with Crippen LogP contribution < -0.4 is 16.0 Å². The van der Waals surface area contributed by atoms with Crippen LogP contribution in [0.3, 0.4) is 0 Å². The van der Waals surface area contributed by atoms with Gasteiger partial charge >= 0.3 is 0 Å². The number of nitrogens with one attached hydrogen (secondary N) is 3. The van der Waals surface area contributed by atoms with Crippen molar-refractivity contribution in [2.45, 2.75) is 32.7 Å². The van der Waals surface area contributed by atoms with E-state index in [2.05, 4.69) is 21.0 Å². The molecule has 3 N–H and O–H groups in total. The van der Waals surface area contributed by atoms with E-state index in [1.165, 1.54) is 0 Å². The highest BCUT2D eigenvalue weighted by Gasteiger charge is 2.27. The maximum Gasteiger partial charge on any atom is 0.271 e. The molecule has 1 aromatic rings. The van der Waals surface area contributed by atoms with Gasteiger partial charge in [-0.1, -0.05) is 0 Å². The normalized spacial score (nSPS) is 18.0. The van der Waals surface area contributed by atoms with Crippen LogP contribution in [0.5, 0.6) is 0 Å². The van der Waals surface area contributed by atoms with Crippen LogP contribution in [-0.4, -0.2) is 48.3 Å². The van der Waals surface area contributed by atoms with Gasteiger partial charge in [0, 0.05) is 26.3 Å². The zero-order valence-electron chi connectivity index (χ0n) is 13.9. The summed E-state index contributed by atoms with van der Waals surface area (Å²) in [6, 6.07) is 2.02. The molecular formula is C15H26ClN5O2. The number of carbonyl (C=O) groups excluding carboxylic acids is 2. The monoisotopic (exact) mass is 343 g/mol. The van der Waals surface area contributed by atoms with E-state index in [9.17, 15) is 9.59 Å². The van der Waals surface area contributed by atoms with Crippen LogP contribution in [0, 0.1) is 5.41 Å². The number of piperidine rings is 1. The van der Waals surface area contributed by atoms with E-state index in [0.717, 1.165) is 25.9 Å². The maximum absolute atomic E-state index is 12.2. The van der Waals surface area contributed by atoms with Crippen LogP contribution in [0.2, 0.25) is 0 Å². The number of hydrogen-bond acceptors (Lipinski definition) is 4. The van der Waals surface area contributed by atoms with E-state index in [1.54, 1.807) is 27.0 Å². The van der Waals surface area contributed by atoms with Gasteiger partial charge in [0.2, 0.25) is 5.91 Å². The Balaban J connectivity index is 0.00000264. The van der Waals surface area contributed by atoms with Gasteiger partial charge in [-0.15, -0.1) is 12.4 Å². The third kappa shape index (κ3) is 4.94. The summed E-state index contributed by atoms with van der Waals surface area (Å²) in [5.41, 5.74) is -0.265. The van der Waals surface area contributed by atoms with Crippen molar-refractivity contribution in [2.75, 3.05) is 26.7 Å². The zero-order valence-corrected chi connectivity index (χ0v) is 14.7. The van der Waals surface area contributed by atoms with Crippen molar-refractivity contribution in [3.63, 3.8) is 0 Å². The average Bonchev–Trinajstić information content (AvgIpc) is 3.02. The highest BCUT2D eigenvalue weighted by Crippen LogP contribution is 2.16. The summed E-state index contributed by atoms with van der Waals surface area (Å²) in [5.74, 6) is -0.355. The Bertz CT molecular complexity index is 538. The van der Waals surface area contributed by atoms with Crippen molar-refractivity contribution < 1.29 is 9.59 Å². The van der Waals surface area contributed by atoms with Gasteiger partial charge in [-0.25, -0.2) is 0 Å². The minimum atomic E-state index is -0.653. The fourth-order valence-electron chi connectivity index (χ4n) is 2.53. The summed E-state index contributed by atoms with van der Waals surface area (Å²) >= 11 is 0. The summed E-state index contributed by atoms with van der Waals surface area (Å²) in [4.78, 5) is 23.9. The summed E-state index contributed by atoms with van der Waals surface area (Å²) in [6.45, 7) is 5.77. The molecule has 0 spiro atoms. The molecule has 0 saturated carbocycles. The minimum absolute atomic E-state index is 0. The number of rotatable bonds is 5. The van der Waals surface area contributed by atoms with E-state index in [4.69, 9.17) is 0 Å². The Hall–Kier alpha value is -1.60. The first-order chi connectivity index (χ1) is 10.4. The third-order valence-electron chi connectivity index (χ3n) is 4.02. The van der Waals surface area contributed by atoms with Crippen LogP contribution in [-0.2, 0) is 4.79 Å². The number of aromatic nitrogens is 2. The fraction of sp³-hybridized carbons (Fsp3) is 0.667. The van der Waals surface area contributed by atoms with Crippen LogP contribution >= 0.6 is 12.4 Å². The largest absolute Gasteiger partial charge is 0.359 e.